The summed E-state index contributed by atoms with van der Waals surface area (Å²) in [5.41, 5.74) is -2.20. The van der Waals surface area contributed by atoms with Gasteiger partial charge in [-0.3, -0.25) is 9.69 Å². The number of nitrogens with zero attached hydrogens (tertiary/aromatic N) is 3. The fourth-order valence-corrected chi connectivity index (χ4v) is 5.72. The third kappa shape index (κ3) is 8.73. The zero-order chi connectivity index (χ0) is 30.8. The molecule has 226 valence electrons. The average molecular weight is 639 g/mol. The first kappa shape index (κ1) is 33.0. The molecule has 2 aromatic carbocycles. The summed E-state index contributed by atoms with van der Waals surface area (Å²) in [5, 5.41) is -0.0168. The van der Waals surface area contributed by atoms with Gasteiger partial charge in [-0.1, -0.05) is 35.3 Å². The summed E-state index contributed by atoms with van der Waals surface area (Å²) < 4.78 is 74.3. The molecular weight excluding hydrogens is 606 g/mol. The molecule has 3 rings (SSSR count). The van der Waals surface area contributed by atoms with Crippen molar-refractivity contribution in [3.63, 3.8) is 0 Å². The van der Waals surface area contributed by atoms with Crippen LogP contribution in [0.1, 0.15) is 54.7 Å². The zero-order valence-electron chi connectivity index (χ0n) is 23.1. The lowest BCUT2D eigenvalue weighted by atomic mass is 10.0. The van der Waals surface area contributed by atoms with Gasteiger partial charge in [-0.15, -0.1) is 0 Å². The molecule has 0 aromatic heterocycles. The zero-order valence-corrected chi connectivity index (χ0v) is 25.4. The molecule has 0 atom stereocenters. The molecule has 0 unspecified atom stereocenters. The largest absolute Gasteiger partial charge is 0.444 e. The predicted molar refractivity (Wildman–Crippen MR) is 150 cm³/mol. The standard InChI is InChI=1S/C27H32Cl2F3N3O5S/c1-5-41(38,39)35(16-18-7-6-8-20(28)13-18)24(36)19-14-22(27(30,31)32)21(23(29)15-19)17-33-9-11-34(12-10-33)25(37)40-26(2,3)4/h6-8,13-15H,5,9-12,16-17H2,1-4H3. The van der Waals surface area contributed by atoms with Gasteiger partial charge in [0, 0.05) is 48.3 Å². The van der Waals surface area contributed by atoms with Gasteiger partial charge in [-0.2, -0.15) is 13.2 Å². The summed E-state index contributed by atoms with van der Waals surface area (Å²) in [6.07, 6.45) is -5.38. The summed E-state index contributed by atoms with van der Waals surface area (Å²) in [7, 11) is -4.17. The SMILES string of the molecule is CCS(=O)(=O)N(Cc1cccc(Cl)c1)C(=O)c1cc(Cl)c(CN2CCN(C(=O)OC(C)(C)C)CC2)c(C(F)(F)F)c1. The summed E-state index contributed by atoms with van der Waals surface area (Å²) in [6, 6.07) is 7.85. The minimum Gasteiger partial charge on any atom is -0.444 e. The Hall–Kier alpha value is -2.54. The number of carbonyl (C=O) groups is 2. The maximum Gasteiger partial charge on any atom is 0.416 e. The first-order valence-electron chi connectivity index (χ1n) is 12.8. The summed E-state index contributed by atoms with van der Waals surface area (Å²) in [5.74, 6) is -1.59. The van der Waals surface area contributed by atoms with Crippen LogP contribution in [-0.2, 0) is 34.0 Å². The highest BCUT2D eigenvalue weighted by Gasteiger charge is 2.38. The highest BCUT2D eigenvalue weighted by atomic mass is 35.5. The van der Waals surface area contributed by atoms with Crippen molar-refractivity contribution in [3.05, 3.63) is 68.7 Å². The van der Waals surface area contributed by atoms with Crippen molar-refractivity contribution in [2.24, 2.45) is 0 Å². The lowest BCUT2D eigenvalue weighted by Gasteiger charge is -2.36. The van der Waals surface area contributed by atoms with Crippen LogP contribution in [0, 0.1) is 0 Å². The third-order valence-electron chi connectivity index (χ3n) is 6.30. The smallest absolute Gasteiger partial charge is 0.416 e. The topological polar surface area (TPSA) is 87.2 Å². The molecule has 0 N–H and O–H groups in total. The van der Waals surface area contributed by atoms with Gasteiger partial charge in [0.15, 0.2) is 0 Å². The number of amides is 2. The minimum atomic E-state index is -4.88. The van der Waals surface area contributed by atoms with E-state index < -0.39 is 57.2 Å². The number of hydrogen-bond donors (Lipinski definition) is 0. The van der Waals surface area contributed by atoms with Crippen LogP contribution >= 0.6 is 23.2 Å². The molecule has 0 bridgehead atoms. The normalized spacial score (nSPS) is 15.1. The highest BCUT2D eigenvalue weighted by molar-refractivity contribution is 7.89. The van der Waals surface area contributed by atoms with Crippen molar-refractivity contribution in [1.82, 2.24) is 14.1 Å². The lowest BCUT2D eigenvalue weighted by Crippen LogP contribution is -2.49. The Morgan fingerprint density at radius 2 is 1.66 bits per heavy atom. The molecule has 0 spiro atoms. The molecule has 2 amide bonds. The molecule has 0 radical (unpaired) electrons. The van der Waals surface area contributed by atoms with Gasteiger partial charge in [-0.25, -0.2) is 17.5 Å². The number of sulfonamides is 1. The maximum absolute atomic E-state index is 14.2. The number of hydrogen-bond acceptors (Lipinski definition) is 6. The molecule has 1 saturated heterocycles. The summed E-state index contributed by atoms with van der Waals surface area (Å²) >= 11 is 12.3. The van der Waals surface area contributed by atoms with Crippen LogP contribution in [0.5, 0.6) is 0 Å². The molecular formula is C27H32Cl2F3N3O5S. The van der Waals surface area contributed by atoms with Crippen LogP contribution in [0.15, 0.2) is 36.4 Å². The first-order valence-corrected chi connectivity index (χ1v) is 15.2. The maximum atomic E-state index is 14.2. The number of benzene rings is 2. The monoisotopic (exact) mass is 637 g/mol. The van der Waals surface area contributed by atoms with Crippen LogP contribution in [0.25, 0.3) is 0 Å². The summed E-state index contributed by atoms with van der Waals surface area (Å²) in [4.78, 5) is 28.9. The van der Waals surface area contributed by atoms with E-state index in [9.17, 15) is 31.2 Å². The number of rotatable bonds is 7. The average Bonchev–Trinajstić information content (AvgIpc) is 2.86. The van der Waals surface area contributed by atoms with E-state index in [1.165, 1.54) is 17.9 Å². The number of carbonyl (C=O) groups excluding carboxylic acids is 2. The van der Waals surface area contributed by atoms with E-state index in [4.69, 9.17) is 27.9 Å². The van der Waals surface area contributed by atoms with E-state index in [2.05, 4.69) is 0 Å². The van der Waals surface area contributed by atoms with E-state index in [0.29, 0.717) is 21.0 Å². The van der Waals surface area contributed by atoms with Crippen LogP contribution in [-0.4, -0.2) is 72.1 Å². The Labute approximate surface area is 248 Å². The van der Waals surface area contributed by atoms with Gasteiger partial charge in [0.25, 0.3) is 5.91 Å². The highest BCUT2D eigenvalue weighted by Crippen LogP contribution is 2.37. The van der Waals surface area contributed by atoms with Gasteiger partial charge in [0.1, 0.15) is 5.60 Å². The van der Waals surface area contributed by atoms with E-state index in [0.717, 1.165) is 6.07 Å². The molecule has 0 aliphatic carbocycles. The molecule has 1 aliphatic rings. The molecule has 1 fully saturated rings. The van der Waals surface area contributed by atoms with Crippen LogP contribution in [0.3, 0.4) is 0 Å². The van der Waals surface area contributed by atoms with Crippen molar-refractivity contribution in [2.75, 3.05) is 31.9 Å². The quantitative estimate of drug-likeness (QED) is 0.367. The fourth-order valence-electron chi connectivity index (χ4n) is 4.21. The van der Waals surface area contributed by atoms with Crippen molar-refractivity contribution in [2.45, 2.75) is 52.6 Å². The second kappa shape index (κ2) is 12.8. The Morgan fingerprint density at radius 3 is 2.20 bits per heavy atom. The molecule has 41 heavy (non-hydrogen) atoms. The van der Waals surface area contributed by atoms with Gasteiger partial charge in [-0.05, 0) is 63.1 Å². The molecule has 1 aliphatic heterocycles. The first-order chi connectivity index (χ1) is 18.9. The second-order valence-corrected chi connectivity index (χ2v) is 13.6. The molecule has 0 saturated carbocycles. The summed E-state index contributed by atoms with van der Waals surface area (Å²) in [6.45, 7) is 6.98. The van der Waals surface area contributed by atoms with E-state index in [1.807, 2.05) is 0 Å². The van der Waals surface area contributed by atoms with Crippen molar-refractivity contribution < 1.29 is 35.9 Å². The predicted octanol–water partition coefficient (Wildman–Crippen LogP) is 6.06. The molecule has 8 nitrogen and oxygen atoms in total. The molecule has 2 aromatic rings. The van der Waals surface area contributed by atoms with Crippen LogP contribution in [0.2, 0.25) is 10.0 Å². The third-order valence-corrected chi connectivity index (χ3v) is 8.56. The Kier molecular flexibility index (Phi) is 10.3. The molecule has 1 heterocycles. The number of ether oxygens (including phenoxy) is 1. The van der Waals surface area contributed by atoms with Gasteiger partial charge in [0.2, 0.25) is 10.0 Å². The van der Waals surface area contributed by atoms with E-state index in [1.54, 1.807) is 43.9 Å². The van der Waals surface area contributed by atoms with Gasteiger partial charge < -0.3 is 9.64 Å². The molecule has 14 heteroatoms. The van der Waals surface area contributed by atoms with Gasteiger partial charge in [0.05, 0.1) is 17.9 Å². The Morgan fingerprint density at radius 1 is 1.02 bits per heavy atom. The van der Waals surface area contributed by atoms with Gasteiger partial charge >= 0.3 is 12.3 Å². The lowest BCUT2D eigenvalue weighted by molar-refractivity contribution is -0.138. The number of alkyl halides is 3. The number of halogens is 5. The van der Waals surface area contributed by atoms with E-state index in [-0.39, 0.29) is 43.3 Å². The van der Waals surface area contributed by atoms with E-state index >= 15 is 0 Å². The van der Waals surface area contributed by atoms with Crippen LogP contribution in [0.4, 0.5) is 18.0 Å². The van der Waals surface area contributed by atoms with Crippen LogP contribution < -0.4 is 0 Å². The van der Waals surface area contributed by atoms with Crippen molar-refractivity contribution >= 4 is 45.2 Å². The second-order valence-electron chi connectivity index (χ2n) is 10.6. The minimum absolute atomic E-state index is 0.191. The number of piperazine rings is 1. The fraction of sp³-hybridized carbons (Fsp3) is 0.481. The van der Waals surface area contributed by atoms with Crippen molar-refractivity contribution in [3.8, 4) is 0 Å². The Balaban J connectivity index is 1.88. The Bertz CT molecular complexity index is 1390. The van der Waals surface area contributed by atoms with Crippen molar-refractivity contribution in [1.29, 1.82) is 0 Å².